The predicted octanol–water partition coefficient (Wildman–Crippen LogP) is 1.59. The fourth-order valence-corrected chi connectivity index (χ4v) is 4.56. The van der Waals surface area contributed by atoms with Crippen LogP contribution in [0, 0.1) is 13.8 Å². The van der Waals surface area contributed by atoms with Crippen molar-refractivity contribution in [2.24, 2.45) is 7.05 Å². The molecule has 3 aromatic heterocycles. The normalized spacial score (nSPS) is 11.7. The number of carbonyl (C=O) groups is 1. The molecular formula is C15H17N5O4S2. The molecule has 0 saturated carbocycles. The van der Waals surface area contributed by atoms with Gasteiger partial charge in [-0.05, 0) is 25.3 Å². The van der Waals surface area contributed by atoms with E-state index in [9.17, 15) is 13.2 Å². The molecule has 1 N–H and O–H groups in total. The number of aromatic nitrogens is 4. The molecular weight excluding hydrogens is 378 g/mol. The lowest BCUT2D eigenvalue weighted by Gasteiger charge is -2.06. The van der Waals surface area contributed by atoms with E-state index in [1.807, 2.05) is 16.8 Å². The van der Waals surface area contributed by atoms with Gasteiger partial charge in [0.2, 0.25) is 17.7 Å². The third-order valence-corrected chi connectivity index (χ3v) is 6.07. The van der Waals surface area contributed by atoms with Gasteiger partial charge in [0, 0.05) is 30.8 Å². The number of sulfonamides is 1. The third kappa shape index (κ3) is 3.68. The Balaban J connectivity index is 1.64. The van der Waals surface area contributed by atoms with E-state index in [1.165, 1.54) is 16.0 Å². The van der Waals surface area contributed by atoms with Gasteiger partial charge in [-0.25, -0.2) is 13.1 Å². The summed E-state index contributed by atoms with van der Waals surface area (Å²) < 4.78 is 33.9. The minimum Gasteiger partial charge on any atom is -0.421 e. The molecule has 0 saturated heterocycles. The van der Waals surface area contributed by atoms with Crippen molar-refractivity contribution in [2.75, 3.05) is 0 Å². The first-order chi connectivity index (χ1) is 12.3. The Hall–Kier alpha value is -2.53. The maximum Gasteiger partial charge on any atom is 0.267 e. The zero-order chi connectivity index (χ0) is 18.9. The number of hydrogen-bond donors (Lipinski definition) is 1. The van der Waals surface area contributed by atoms with Crippen LogP contribution in [0.3, 0.4) is 0 Å². The predicted molar refractivity (Wildman–Crippen MR) is 93.9 cm³/mol. The van der Waals surface area contributed by atoms with Crippen LogP contribution in [0.5, 0.6) is 0 Å². The van der Waals surface area contributed by atoms with Crippen LogP contribution in [-0.2, 0) is 28.3 Å². The minimum absolute atomic E-state index is 0.0193. The molecule has 0 aliphatic heterocycles. The van der Waals surface area contributed by atoms with Crippen LogP contribution in [0.2, 0.25) is 0 Å². The number of nitrogens with one attached hydrogen (secondary N) is 1. The molecule has 0 aromatic carbocycles. The number of thiophene rings is 1. The summed E-state index contributed by atoms with van der Waals surface area (Å²) in [5.41, 5.74) is 1.60. The van der Waals surface area contributed by atoms with E-state index in [1.54, 1.807) is 20.9 Å². The van der Waals surface area contributed by atoms with Gasteiger partial charge in [0.05, 0.1) is 11.4 Å². The zero-order valence-corrected chi connectivity index (χ0v) is 16.0. The highest BCUT2D eigenvalue weighted by Crippen LogP contribution is 2.21. The fourth-order valence-electron chi connectivity index (χ4n) is 2.47. The summed E-state index contributed by atoms with van der Waals surface area (Å²) in [6.45, 7) is 3.21. The fraction of sp³-hybridized carbons (Fsp3) is 0.333. The molecule has 11 heteroatoms. The molecule has 0 radical (unpaired) electrons. The average Bonchev–Trinajstić information content (AvgIpc) is 3.27. The molecule has 1 amide bonds. The van der Waals surface area contributed by atoms with E-state index in [-0.39, 0.29) is 23.6 Å². The Labute approximate surface area is 154 Å². The highest BCUT2D eigenvalue weighted by molar-refractivity contribution is 7.90. The van der Waals surface area contributed by atoms with E-state index in [4.69, 9.17) is 4.42 Å². The molecule has 3 heterocycles. The van der Waals surface area contributed by atoms with Gasteiger partial charge < -0.3 is 4.42 Å². The SMILES string of the molecule is Cc1nn(C)c(C)c1S(=O)(=O)NC(=O)CCc1nnc(-c2ccsc2)o1. The van der Waals surface area contributed by atoms with Gasteiger partial charge in [0.25, 0.3) is 10.0 Å². The zero-order valence-electron chi connectivity index (χ0n) is 14.4. The van der Waals surface area contributed by atoms with Gasteiger partial charge in [-0.1, -0.05) is 0 Å². The summed E-state index contributed by atoms with van der Waals surface area (Å²) in [6.07, 6.45) is 0.0480. The van der Waals surface area contributed by atoms with Gasteiger partial charge in [-0.2, -0.15) is 16.4 Å². The van der Waals surface area contributed by atoms with E-state index >= 15 is 0 Å². The summed E-state index contributed by atoms with van der Waals surface area (Å²) in [7, 11) is -2.34. The Morgan fingerprint density at radius 3 is 2.73 bits per heavy atom. The molecule has 138 valence electrons. The van der Waals surface area contributed by atoms with Crippen LogP contribution in [0.1, 0.15) is 23.7 Å². The van der Waals surface area contributed by atoms with Crippen LogP contribution >= 0.6 is 11.3 Å². The molecule has 0 bridgehead atoms. The summed E-state index contributed by atoms with van der Waals surface area (Å²) in [5.74, 6) is -0.00804. The quantitative estimate of drug-likeness (QED) is 0.673. The van der Waals surface area contributed by atoms with E-state index in [0.717, 1.165) is 5.56 Å². The van der Waals surface area contributed by atoms with Crippen molar-refractivity contribution in [1.29, 1.82) is 0 Å². The van der Waals surface area contributed by atoms with Crippen molar-refractivity contribution in [1.82, 2.24) is 24.7 Å². The number of aryl methyl sites for hydroxylation is 3. The largest absolute Gasteiger partial charge is 0.421 e. The first-order valence-electron chi connectivity index (χ1n) is 7.68. The van der Waals surface area contributed by atoms with Crippen molar-refractivity contribution in [2.45, 2.75) is 31.6 Å². The lowest BCUT2D eigenvalue weighted by atomic mass is 10.3. The Morgan fingerprint density at radius 1 is 1.35 bits per heavy atom. The van der Waals surface area contributed by atoms with Gasteiger partial charge in [0.15, 0.2) is 0 Å². The Kier molecular flexibility index (Phi) is 4.92. The van der Waals surface area contributed by atoms with Gasteiger partial charge >= 0.3 is 0 Å². The second-order valence-electron chi connectivity index (χ2n) is 5.67. The van der Waals surface area contributed by atoms with Gasteiger partial charge in [-0.15, -0.1) is 10.2 Å². The number of hydrogen-bond acceptors (Lipinski definition) is 8. The van der Waals surface area contributed by atoms with Gasteiger partial charge in [0.1, 0.15) is 4.90 Å². The first kappa shape index (κ1) is 18.3. The topological polar surface area (TPSA) is 120 Å². The molecule has 3 rings (SSSR count). The summed E-state index contributed by atoms with van der Waals surface area (Å²) >= 11 is 1.50. The van der Waals surface area contributed by atoms with Gasteiger partial charge in [-0.3, -0.25) is 9.48 Å². The molecule has 0 aliphatic rings. The maximum absolute atomic E-state index is 12.4. The number of carbonyl (C=O) groups excluding carboxylic acids is 1. The van der Waals surface area contributed by atoms with Crippen LogP contribution in [0.15, 0.2) is 26.1 Å². The molecule has 0 spiro atoms. The summed E-state index contributed by atoms with van der Waals surface area (Å²) in [6, 6.07) is 1.85. The van der Waals surface area contributed by atoms with Crippen LogP contribution < -0.4 is 4.72 Å². The third-order valence-electron chi connectivity index (χ3n) is 3.76. The van der Waals surface area contributed by atoms with Crippen molar-refractivity contribution >= 4 is 27.3 Å². The minimum atomic E-state index is -3.98. The smallest absolute Gasteiger partial charge is 0.267 e. The summed E-state index contributed by atoms with van der Waals surface area (Å²) in [5, 5.41) is 15.6. The van der Waals surface area contributed by atoms with Crippen molar-refractivity contribution in [3.05, 3.63) is 34.1 Å². The number of nitrogens with zero attached hydrogens (tertiary/aromatic N) is 4. The molecule has 0 aliphatic carbocycles. The van der Waals surface area contributed by atoms with Crippen LogP contribution in [-0.4, -0.2) is 34.3 Å². The highest BCUT2D eigenvalue weighted by atomic mass is 32.2. The van der Waals surface area contributed by atoms with Crippen molar-refractivity contribution in [3.63, 3.8) is 0 Å². The highest BCUT2D eigenvalue weighted by Gasteiger charge is 2.25. The van der Waals surface area contributed by atoms with Crippen LogP contribution in [0.25, 0.3) is 11.5 Å². The molecule has 9 nitrogen and oxygen atoms in total. The average molecular weight is 395 g/mol. The van der Waals surface area contributed by atoms with Crippen molar-refractivity contribution in [3.8, 4) is 11.5 Å². The van der Waals surface area contributed by atoms with E-state index < -0.39 is 15.9 Å². The van der Waals surface area contributed by atoms with E-state index in [2.05, 4.69) is 20.0 Å². The Morgan fingerprint density at radius 2 is 2.12 bits per heavy atom. The van der Waals surface area contributed by atoms with E-state index in [0.29, 0.717) is 17.3 Å². The second kappa shape index (κ2) is 7.00. The van der Waals surface area contributed by atoms with Crippen molar-refractivity contribution < 1.29 is 17.6 Å². The number of rotatable bonds is 6. The lowest BCUT2D eigenvalue weighted by Crippen LogP contribution is -2.31. The summed E-state index contributed by atoms with van der Waals surface area (Å²) in [4.78, 5) is 12.1. The molecule has 0 fully saturated rings. The second-order valence-corrected chi connectivity index (χ2v) is 8.06. The molecule has 26 heavy (non-hydrogen) atoms. The molecule has 0 unspecified atom stereocenters. The maximum atomic E-state index is 12.4. The lowest BCUT2D eigenvalue weighted by molar-refractivity contribution is -0.119. The standard InChI is InChI=1S/C15H17N5O4S2/c1-9-14(10(2)20(3)18-9)26(22,23)19-12(21)4-5-13-16-17-15(24-13)11-6-7-25-8-11/h6-8H,4-5H2,1-3H3,(H,19,21). The van der Waals surface area contributed by atoms with Crippen LogP contribution in [0.4, 0.5) is 0 Å². The monoisotopic (exact) mass is 395 g/mol. The first-order valence-corrected chi connectivity index (χ1v) is 10.1. The molecule has 3 aromatic rings. The Bertz CT molecular complexity index is 1030. The molecule has 0 atom stereocenters. The number of amides is 1.